The first-order chi connectivity index (χ1) is 12.1. The van der Waals surface area contributed by atoms with E-state index in [1.54, 1.807) is 23.5 Å². The summed E-state index contributed by atoms with van der Waals surface area (Å²) in [6.45, 7) is 6.30. The number of nitrogens with zero attached hydrogens (tertiary/aromatic N) is 3. The van der Waals surface area contributed by atoms with Crippen molar-refractivity contribution in [3.63, 3.8) is 0 Å². The quantitative estimate of drug-likeness (QED) is 0.783. The molecule has 0 aliphatic carbocycles. The molecule has 3 heterocycles. The third kappa shape index (κ3) is 4.05. The molecule has 3 nitrogen and oxygen atoms in total. The van der Waals surface area contributed by atoms with Gasteiger partial charge < -0.3 is 0 Å². The van der Waals surface area contributed by atoms with E-state index in [9.17, 15) is 4.39 Å². The van der Waals surface area contributed by atoms with Crippen molar-refractivity contribution in [1.29, 1.82) is 0 Å². The van der Waals surface area contributed by atoms with Gasteiger partial charge in [-0.3, -0.25) is 9.80 Å². The number of rotatable bonds is 4. The van der Waals surface area contributed by atoms with E-state index in [1.807, 2.05) is 12.3 Å². The summed E-state index contributed by atoms with van der Waals surface area (Å²) in [5.74, 6) is -0.319. The molecular formula is C19H23ClFN3S. The Hall–Kier alpha value is -1.01. The van der Waals surface area contributed by atoms with Crippen LogP contribution in [0.1, 0.15) is 29.8 Å². The molecule has 0 radical (unpaired) electrons. The van der Waals surface area contributed by atoms with Crippen LogP contribution in [-0.4, -0.2) is 41.0 Å². The molecule has 0 bridgehead atoms. The van der Waals surface area contributed by atoms with Gasteiger partial charge in [0.25, 0.3) is 0 Å². The summed E-state index contributed by atoms with van der Waals surface area (Å²) in [6.07, 6.45) is 5.68. The lowest BCUT2D eigenvalue weighted by molar-refractivity contribution is 0.0865. The average molecular weight is 380 g/mol. The fourth-order valence-electron chi connectivity index (χ4n) is 4.36. The zero-order valence-electron chi connectivity index (χ0n) is 14.3. The highest BCUT2D eigenvalue weighted by Crippen LogP contribution is 2.40. The van der Waals surface area contributed by atoms with Gasteiger partial charge in [-0.05, 0) is 55.5 Å². The van der Waals surface area contributed by atoms with Gasteiger partial charge in [-0.1, -0.05) is 17.7 Å². The fourth-order valence-corrected chi connectivity index (χ4v) is 5.13. The SMILES string of the molecule is Fc1cc(CN2CC[C@]3(CCCN(Cc4nccs4)C3)C2)ccc1Cl. The zero-order chi connectivity index (χ0) is 17.3. The zero-order valence-corrected chi connectivity index (χ0v) is 15.8. The smallest absolute Gasteiger partial charge is 0.142 e. The molecule has 2 saturated heterocycles. The number of benzene rings is 1. The van der Waals surface area contributed by atoms with E-state index in [0.29, 0.717) is 5.41 Å². The van der Waals surface area contributed by atoms with Gasteiger partial charge in [-0.2, -0.15) is 0 Å². The lowest BCUT2D eigenvalue weighted by Crippen LogP contribution is -2.44. The fraction of sp³-hybridized carbons (Fsp3) is 0.526. The molecule has 6 heteroatoms. The van der Waals surface area contributed by atoms with Crippen molar-refractivity contribution in [3.8, 4) is 0 Å². The summed E-state index contributed by atoms with van der Waals surface area (Å²) >= 11 is 7.53. The van der Waals surface area contributed by atoms with Crippen LogP contribution >= 0.6 is 22.9 Å². The molecule has 4 rings (SSSR count). The number of thiazole rings is 1. The number of piperidine rings is 1. The number of hydrogen-bond acceptors (Lipinski definition) is 4. The second-order valence-corrected chi connectivity index (χ2v) is 8.84. The summed E-state index contributed by atoms with van der Waals surface area (Å²) < 4.78 is 13.7. The van der Waals surface area contributed by atoms with Crippen LogP contribution in [0.2, 0.25) is 5.02 Å². The minimum Gasteiger partial charge on any atom is -0.298 e. The summed E-state index contributed by atoms with van der Waals surface area (Å²) in [7, 11) is 0. The van der Waals surface area contributed by atoms with Crippen LogP contribution in [0.5, 0.6) is 0 Å². The van der Waals surface area contributed by atoms with Crippen molar-refractivity contribution < 1.29 is 4.39 Å². The molecule has 2 aliphatic heterocycles. The third-order valence-corrected chi connectivity index (χ3v) is 6.56. The molecule has 0 N–H and O–H groups in total. The molecule has 134 valence electrons. The van der Waals surface area contributed by atoms with Crippen LogP contribution in [-0.2, 0) is 13.1 Å². The van der Waals surface area contributed by atoms with Crippen molar-refractivity contribution in [2.24, 2.45) is 5.41 Å². The van der Waals surface area contributed by atoms with Gasteiger partial charge in [-0.25, -0.2) is 9.37 Å². The van der Waals surface area contributed by atoms with Crippen molar-refractivity contribution in [3.05, 3.63) is 51.2 Å². The second-order valence-electron chi connectivity index (χ2n) is 7.45. The van der Waals surface area contributed by atoms with Crippen LogP contribution in [0.15, 0.2) is 29.8 Å². The van der Waals surface area contributed by atoms with Gasteiger partial charge in [0.2, 0.25) is 0 Å². The predicted molar refractivity (Wildman–Crippen MR) is 100 cm³/mol. The minimum absolute atomic E-state index is 0.201. The Morgan fingerprint density at radius 3 is 2.76 bits per heavy atom. The van der Waals surface area contributed by atoms with Crippen LogP contribution < -0.4 is 0 Å². The van der Waals surface area contributed by atoms with Gasteiger partial charge in [0, 0.05) is 31.2 Å². The van der Waals surface area contributed by atoms with Crippen molar-refractivity contribution in [2.45, 2.75) is 32.4 Å². The predicted octanol–water partition coefficient (Wildman–Crippen LogP) is 4.42. The Morgan fingerprint density at radius 2 is 2.00 bits per heavy atom. The Bertz CT molecular complexity index is 723. The molecule has 0 saturated carbocycles. The number of hydrogen-bond donors (Lipinski definition) is 0. The third-order valence-electron chi connectivity index (χ3n) is 5.49. The van der Waals surface area contributed by atoms with E-state index < -0.39 is 0 Å². The number of likely N-dealkylation sites (tertiary alicyclic amines) is 2. The molecular weight excluding hydrogens is 357 g/mol. The van der Waals surface area contributed by atoms with Gasteiger partial charge in [-0.15, -0.1) is 11.3 Å². The summed E-state index contributed by atoms with van der Waals surface area (Å²) in [5, 5.41) is 3.47. The lowest BCUT2D eigenvalue weighted by atomic mass is 9.79. The Labute approximate surface area is 157 Å². The Kier molecular flexibility index (Phi) is 5.09. The maximum atomic E-state index is 13.7. The van der Waals surface area contributed by atoms with E-state index in [2.05, 4.69) is 20.2 Å². The first-order valence-electron chi connectivity index (χ1n) is 8.89. The normalized spacial score (nSPS) is 25.0. The van der Waals surface area contributed by atoms with Crippen molar-refractivity contribution >= 4 is 22.9 Å². The Balaban J connectivity index is 1.37. The van der Waals surface area contributed by atoms with E-state index in [-0.39, 0.29) is 10.8 Å². The van der Waals surface area contributed by atoms with E-state index in [0.717, 1.165) is 38.3 Å². The topological polar surface area (TPSA) is 19.4 Å². The highest BCUT2D eigenvalue weighted by atomic mass is 35.5. The van der Waals surface area contributed by atoms with Crippen molar-refractivity contribution in [2.75, 3.05) is 26.2 Å². The monoisotopic (exact) mass is 379 g/mol. The molecule has 1 atom stereocenters. The van der Waals surface area contributed by atoms with Crippen LogP contribution in [0.3, 0.4) is 0 Å². The minimum atomic E-state index is -0.319. The van der Waals surface area contributed by atoms with Crippen LogP contribution in [0.25, 0.3) is 0 Å². The molecule has 2 fully saturated rings. The Morgan fingerprint density at radius 1 is 1.16 bits per heavy atom. The molecule has 2 aromatic rings. The van der Waals surface area contributed by atoms with Gasteiger partial charge in [0.1, 0.15) is 10.8 Å². The van der Waals surface area contributed by atoms with Crippen LogP contribution in [0.4, 0.5) is 4.39 Å². The molecule has 1 aromatic carbocycles. The summed E-state index contributed by atoms with van der Waals surface area (Å²) in [5.41, 5.74) is 1.40. The molecule has 0 unspecified atom stereocenters. The molecule has 25 heavy (non-hydrogen) atoms. The van der Waals surface area contributed by atoms with Crippen molar-refractivity contribution in [1.82, 2.24) is 14.8 Å². The van der Waals surface area contributed by atoms with Crippen LogP contribution in [0, 0.1) is 11.2 Å². The van der Waals surface area contributed by atoms with E-state index >= 15 is 0 Å². The molecule has 2 aliphatic rings. The standard InChI is InChI=1S/C19H23ClFN3S/c20-16-3-2-15(10-17(16)21)11-24-8-5-19(14-24)4-1-7-23(13-19)12-18-22-6-9-25-18/h2-3,6,9-10H,1,4-5,7-8,11-14H2/t19-/m0/s1. The van der Waals surface area contributed by atoms with E-state index in [4.69, 9.17) is 11.6 Å². The number of halogens is 2. The first kappa shape index (κ1) is 17.4. The number of aromatic nitrogens is 1. The van der Waals surface area contributed by atoms with E-state index in [1.165, 1.54) is 30.8 Å². The average Bonchev–Trinajstić information content (AvgIpc) is 3.22. The van der Waals surface area contributed by atoms with Gasteiger partial charge >= 0.3 is 0 Å². The largest absolute Gasteiger partial charge is 0.298 e. The highest BCUT2D eigenvalue weighted by Gasteiger charge is 2.41. The summed E-state index contributed by atoms with van der Waals surface area (Å²) in [6, 6.07) is 5.17. The summed E-state index contributed by atoms with van der Waals surface area (Å²) in [4.78, 5) is 9.46. The lowest BCUT2D eigenvalue weighted by Gasteiger charge is -2.40. The van der Waals surface area contributed by atoms with Gasteiger partial charge in [0.05, 0.1) is 11.6 Å². The first-order valence-corrected chi connectivity index (χ1v) is 10.1. The molecule has 1 aromatic heterocycles. The highest BCUT2D eigenvalue weighted by molar-refractivity contribution is 7.09. The molecule has 0 amide bonds. The second kappa shape index (κ2) is 7.31. The maximum Gasteiger partial charge on any atom is 0.142 e. The maximum absolute atomic E-state index is 13.7. The molecule has 1 spiro atoms. The van der Waals surface area contributed by atoms with Gasteiger partial charge in [0.15, 0.2) is 0 Å².